The number of ether oxygens (including phenoxy) is 1. The first-order chi connectivity index (χ1) is 5.70. The number of nitrogens with one attached hydrogen (secondary N) is 1. The van der Waals surface area contributed by atoms with Crippen LogP contribution < -0.4 is 5.32 Å². The van der Waals surface area contributed by atoms with Crippen molar-refractivity contribution < 1.29 is 14.9 Å². The maximum absolute atomic E-state index is 8.98. The van der Waals surface area contributed by atoms with Gasteiger partial charge in [-0.3, -0.25) is 0 Å². The molecule has 0 rings (SSSR count). The van der Waals surface area contributed by atoms with E-state index in [2.05, 4.69) is 5.32 Å². The van der Waals surface area contributed by atoms with Crippen LogP contribution >= 0.6 is 0 Å². The molecule has 0 saturated carbocycles. The van der Waals surface area contributed by atoms with E-state index in [0.717, 1.165) is 0 Å². The molecule has 0 aromatic carbocycles. The minimum Gasteiger partial charge on any atom is -0.394 e. The first kappa shape index (κ1) is 11.8. The van der Waals surface area contributed by atoms with Gasteiger partial charge in [0.2, 0.25) is 0 Å². The van der Waals surface area contributed by atoms with E-state index in [1.165, 1.54) is 0 Å². The average molecular weight is 177 g/mol. The molecule has 0 aliphatic heterocycles. The Morgan fingerprint density at radius 3 is 2.67 bits per heavy atom. The molecule has 74 valence electrons. The summed E-state index contributed by atoms with van der Waals surface area (Å²) in [5.74, 6) is 0. The van der Waals surface area contributed by atoms with E-state index in [4.69, 9.17) is 14.9 Å². The molecule has 0 saturated heterocycles. The van der Waals surface area contributed by atoms with E-state index < -0.39 is 6.10 Å². The smallest absolute Gasteiger partial charge is 0.0895 e. The highest BCUT2D eigenvalue weighted by Gasteiger charge is 2.04. The largest absolute Gasteiger partial charge is 0.394 e. The highest BCUT2D eigenvalue weighted by molar-refractivity contribution is 4.63. The number of hydrogen-bond donors (Lipinski definition) is 3. The first-order valence-corrected chi connectivity index (χ1v) is 4.30. The topological polar surface area (TPSA) is 61.7 Å². The predicted octanol–water partition coefficient (Wildman–Crippen LogP) is -0.646. The Hall–Kier alpha value is -0.160. The summed E-state index contributed by atoms with van der Waals surface area (Å²) in [6.45, 7) is 5.46. The number of aliphatic hydroxyl groups excluding tert-OH is 2. The summed E-state index contributed by atoms with van der Waals surface area (Å²) in [5, 5.41) is 20.5. The Bertz CT molecular complexity index is 100. The summed E-state index contributed by atoms with van der Waals surface area (Å²) in [6, 6.07) is 0.214. The lowest BCUT2D eigenvalue weighted by Crippen LogP contribution is -2.37. The molecule has 0 aliphatic carbocycles. The molecule has 0 aromatic heterocycles. The highest BCUT2D eigenvalue weighted by atomic mass is 16.5. The summed E-state index contributed by atoms with van der Waals surface area (Å²) in [5.41, 5.74) is 0. The summed E-state index contributed by atoms with van der Waals surface area (Å²) in [6.07, 6.45) is -0.672. The van der Waals surface area contributed by atoms with Gasteiger partial charge in [-0.2, -0.15) is 0 Å². The van der Waals surface area contributed by atoms with Crippen LogP contribution in [-0.2, 0) is 4.74 Å². The van der Waals surface area contributed by atoms with Crippen LogP contribution in [0.4, 0.5) is 0 Å². The van der Waals surface area contributed by atoms with Gasteiger partial charge in [0.05, 0.1) is 19.3 Å². The van der Waals surface area contributed by atoms with E-state index in [0.29, 0.717) is 19.8 Å². The lowest BCUT2D eigenvalue weighted by molar-refractivity contribution is 0.0823. The Balaban J connectivity index is 3.24. The zero-order chi connectivity index (χ0) is 9.40. The SMILES string of the molecule is CCOCC(C)NCC(O)CO. The molecule has 0 aliphatic rings. The van der Waals surface area contributed by atoms with Gasteiger partial charge >= 0.3 is 0 Å². The van der Waals surface area contributed by atoms with Crippen LogP contribution in [0.15, 0.2) is 0 Å². The minimum absolute atomic E-state index is 0.200. The standard InChI is InChI=1S/C8H19NO3/c1-3-12-6-7(2)9-4-8(11)5-10/h7-11H,3-6H2,1-2H3. The van der Waals surface area contributed by atoms with Gasteiger partial charge < -0.3 is 20.3 Å². The fraction of sp³-hybridized carbons (Fsp3) is 1.00. The highest BCUT2D eigenvalue weighted by Crippen LogP contribution is 1.85. The van der Waals surface area contributed by atoms with Crippen molar-refractivity contribution in [3.8, 4) is 0 Å². The normalized spacial score (nSPS) is 16.0. The molecular weight excluding hydrogens is 158 g/mol. The second-order valence-corrected chi connectivity index (χ2v) is 2.81. The van der Waals surface area contributed by atoms with Crippen molar-refractivity contribution in [2.75, 3.05) is 26.4 Å². The number of hydrogen-bond acceptors (Lipinski definition) is 4. The zero-order valence-corrected chi connectivity index (χ0v) is 7.79. The van der Waals surface area contributed by atoms with Gasteiger partial charge in [0, 0.05) is 19.2 Å². The van der Waals surface area contributed by atoms with Crippen molar-refractivity contribution in [1.82, 2.24) is 5.32 Å². The van der Waals surface area contributed by atoms with Gasteiger partial charge in [0.15, 0.2) is 0 Å². The van der Waals surface area contributed by atoms with E-state index >= 15 is 0 Å². The van der Waals surface area contributed by atoms with Crippen LogP contribution in [0.1, 0.15) is 13.8 Å². The van der Waals surface area contributed by atoms with Crippen LogP contribution in [-0.4, -0.2) is 48.7 Å². The Kier molecular flexibility index (Phi) is 7.39. The van der Waals surface area contributed by atoms with Gasteiger partial charge in [-0.05, 0) is 13.8 Å². The minimum atomic E-state index is -0.672. The average Bonchev–Trinajstić information content (AvgIpc) is 2.10. The summed E-state index contributed by atoms with van der Waals surface area (Å²) in [4.78, 5) is 0. The third-order valence-corrected chi connectivity index (χ3v) is 1.48. The second kappa shape index (κ2) is 7.49. The molecule has 4 heteroatoms. The molecule has 0 spiro atoms. The van der Waals surface area contributed by atoms with Crippen molar-refractivity contribution in [3.63, 3.8) is 0 Å². The van der Waals surface area contributed by atoms with E-state index in [-0.39, 0.29) is 12.6 Å². The third-order valence-electron chi connectivity index (χ3n) is 1.48. The molecule has 2 atom stereocenters. The molecule has 2 unspecified atom stereocenters. The quantitative estimate of drug-likeness (QED) is 0.484. The molecule has 12 heavy (non-hydrogen) atoms. The fourth-order valence-electron chi connectivity index (χ4n) is 0.755. The van der Waals surface area contributed by atoms with Gasteiger partial charge in [0.1, 0.15) is 0 Å². The summed E-state index contributed by atoms with van der Waals surface area (Å²) >= 11 is 0. The van der Waals surface area contributed by atoms with Crippen molar-refractivity contribution in [3.05, 3.63) is 0 Å². The number of rotatable bonds is 7. The molecular formula is C8H19NO3. The number of aliphatic hydroxyl groups is 2. The Morgan fingerprint density at radius 2 is 2.17 bits per heavy atom. The van der Waals surface area contributed by atoms with Gasteiger partial charge in [-0.25, -0.2) is 0 Å². The molecule has 0 radical (unpaired) electrons. The van der Waals surface area contributed by atoms with Gasteiger partial charge in [-0.1, -0.05) is 0 Å². The molecule has 4 nitrogen and oxygen atoms in total. The maximum atomic E-state index is 8.98. The van der Waals surface area contributed by atoms with Crippen molar-refractivity contribution in [2.24, 2.45) is 0 Å². The molecule has 0 aromatic rings. The van der Waals surface area contributed by atoms with Gasteiger partial charge in [0.25, 0.3) is 0 Å². The fourth-order valence-corrected chi connectivity index (χ4v) is 0.755. The van der Waals surface area contributed by atoms with Crippen LogP contribution in [0, 0.1) is 0 Å². The molecule has 0 bridgehead atoms. The maximum Gasteiger partial charge on any atom is 0.0895 e. The van der Waals surface area contributed by atoms with Crippen LogP contribution in [0.3, 0.4) is 0 Å². The summed E-state index contributed by atoms with van der Waals surface area (Å²) in [7, 11) is 0. The lowest BCUT2D eigenvalue weighted by Gasteiger charge is -2.15. The monoisotopic (exact) mass is 177 g/mol. The van der Waals surface area contributed by atoms with E-state index in [9.17, 15) is 0 Å². The van der Waals surface area contributed by atoms with Crippen molar-refractivity contribution in [2.45, 2.75) is 26.0 Å². The third kappa shape index (κ3) is 6.54. The second-order valence-electron chi connectivity index (χ2n) is 2.81. The van der Waals surface area contributed by atoms with E-state index in [1.54, 1.807) is 0 Å². The van der Waals surface area contributed by atoms with Crippen LogP contribution in [0.2, 0.25) is 0 Å². The molecule has 3 N–H and O–H groups in total. The summed E-state index contributed by atoms with van der Waals surface area (Å²) < 4.78 is 5.15. The predicted molar refractivity (Wildman–Crippen MR) is 47.1 cm³/mol. The van der Waals surface area contributed by atoms with Gasteiger partial charge in [-0.15, -0.1) is 0 Å². The molecule has 0 fully saturated rings. The van der Waals surface area contributed by atoms with Crippen LogP contribution in [0.25, 0.3) is 0 Å². The molecule has 0 amide bonds. The van der Waals surface area contributed by atoms with Crippen molar-refractivity contribution in [1.29, 1.82) is 0 Å². The van der Waals surface area contributed by atoms with Crippen molar-refractivity contribution >= 4 is 0 Å². The Morgan fingerprint density at radius 1 is 1.50 bits per heavy atom. The van der Waals surface area contributed by atoms with E-state index in [1.807, 2.05) is 13.8 Å². The Labute approximate surface area is 73.5 Å². The molecule has 0 heterocycles. The first-order valence-electron chi connectivity index (χ1n) is 4.30. The zero-order valence-electron chi connectivity index (χ0n) is 7.79. The van der Waals surface area contributed by atoms with Crippen LogP contribution in [0.5, 0.6) is 0 Å². The lowest BCUT2D eigenvalue weighted by atomic mass is 10.3.